The topological polar surface area (TPSA) is 70.6 Å². The van der Waals surface area contributed by atoms with Crippen LogP contribution in [-0.4, -0.2) is 42.0 Å². The Balaban J connectivity index is 2.23. The lowest BCUT2D eigenvalue weighted by Gasteiger charge is -2.21. The van der Waals surface area contributed by atoms with E-state index in [0.717, 1.165) is 19.3 Å². The van der Waals surface area contributed by atoms with Crippen molar-refractivity contribution in [3.8, 4) is 0 Å². The molecule has 0 aromatic rings. The molecule has 2 atom stereocenters. The summed E-state index contributed by atoms with van der Waals surface area (Å²) < 4.78 is 5.21. The molecular weight excluding hydrogens is 220 g/mol. The van der Waals surface area contributed by atoms with Crippen molar-refractivity contribution in [3.63, 3.8) is 0 Å². The summed E-state index contributed by atoms with van der Waals surface area (Å²) in [6.45, 7) is 6.33. The van der Waals surface area contributed by atoms with Gasteiger partial charge in [0.05, 0.1) is 6.61 Å². The zero-order chi connectivity index (χ0) is 12.9. The van der Waals surface area contributed by atoms with Gasteiger partial charge in [0, 0.05) is 18.6 Å². The van der Waals surface area contributed by atoms with Crippen LogP contribution in [0.15, 0.2) is 0 Å². The maximum atomic E-state index is 11.5. The molecule has 0 spiro atoms. The van der Waals surface area contributed by atoms with E-state index in [-0.39, 0.29) is 18.7 Å². The fourth-order valence-corrected chi connectivity index (χ4v) is 2.04. The van der Waals surface area contributed by atoms with Gasteiger partial charge < -0.3 is 20.5 Å². The van der Waals surface area contributed by atoms with Gasteiger partial charge in [-0.3, -0.25) is 0 Å². The molecule has 1 amide bonds. The number of hydrogen-bond donors (Lipinski definition) is 3. The SMILES string of the molecule is CC(C)(C)OC(=O)NC1CCC(NCCO)C1. The molecule has 1 aliphatic rings. The van der Waals surface area contributed by atoms with Crippen LogP contribution in [0.1, 0.15) is 40.0 Å². The molecule has 1 saturated carbocycles. The zero-order valence-corrected chi connectivity index (χ0v) is 11.0. The molecule has 2 unspecified atom stereocenters. The Morgan fingerprint density at radius 1 is 1.35 bits per heavy atom. The number of rotatable bonds is 4. The van der Waals surface area contributed by atoms with Crippen molar-refractivity contribution in [2.24, 2.45) is 0 Å². The van der Waals surface area contributed by atoms with Crippen LogP contribution in [0.2, 0.25) is 0 Å². The number of alkyl carbamates (subject to hydrolysis) is 1. The van der Waals surface area contributed by atoms with Gasteiger partial charge in [0.1, 0.15) is 5.60 Å². The first-order valence-electron chi connectivity index (χ1n) is 6.24. The number of hydrogen-bond acceptors (Lipinski definition) is 4. The Morgan fingerprint density at radius 3 is 2.59 bits per heavy atom. The molecular formula is C12H24N2O3. The maximum Gasteiger partial charge on any atom is 0.407 e. The first kappa shape index (κ1) is 14.3. The third-order valence-corrected chi connectivity index (χ3v) is 2.70. The normalized spacial score (nSPS) is 24.7. The van der Waals surface area contributed by atoms with E-state index in [0.29, 0.717) is 12.6 Å². The number of ether oxygens (including phenoxy) is 1. The Morgan fingerprint density at radius 2 is 2.00 bits per heavy atom. The standard InChI is InChI=1S/C12H24N2O3/c1-12(2,3)17-11(16)14-10-5-4-9(8-10)13-6-7-15/h9-10,13,15H,4-8H2,1-3H3,(H,14,16). The smallest absolute Gasteiger partial charge is 0.407 e. The van der Waals surface area contributed by atoms with E-state index in [1.165, 1.54) is 0 Å². The van der Waals surface area contributed by atoms with Gasteiger partial charge in [0.25, 0.3) is 0 Å². The van der Waals surface area contributed by atoms with Crippen LogP contribution in [0.3, 0.4) is 0 Å². The molecule has 0 radical (unpaired) electrons. The van der Waals surface area contributed by atoms with Gasteiger partial charge in [-0.1, -0.05) is 0 Å². The van der Waals surface area contributed by atoms with E-state index in [4.69, 9.17) is 9.84 Å². The van der Waals surface area contributed by atoms with E-state index >= 15 is 0 Å². The van der Waals surface area contributed by atoms with Gasteiger partial charge in [-0.25, -0.2) is 4.79 Å². The van der Waals surface area contributed by atoms with Gasteiger partial charge in [-0.15, -0.1) is 0 Å². The summed E-state index contributed by atoms with van der Waals surface area (Å²) in [6, 6.07) is 0.572. The Labute approximate surface area is 103 Å². The van der Waals surface area contributed by atoms with Crippen molar-refractivity contribution in [2.75, 3.05) is 13.2 Å². The summed E-state index contributed by atoms with van der Waals surface area (Å²) in [7, 11) is 0. The van der Waals surface area contributed by atoms with Gasteiger partial charge in [0.2, 0.25) is 0 Å². The van der Waals surface area contributed by atoms with Gasteiger partial charge in [0.15, 0.2) is 0 Å². The Kier molecular flexibility index (Phi) is 5.21. The second-order valence-corrected chi connectivity index (χ2v) is 5.53. The molecule has 1 rings (SSSR count). The molecule has 17 heavy (non-hydrogen) atoms. The highest BCUT2D eigenvalue weighted by Gasteiger charge is 2.27. The van der Waals surface area contributed by atoms with Gasteiger partial charge in [-0.2, -0.15) is 0 Å². The summed E-state index contributed by atoms with van der Waals surface area (Å²) in [4.78, 5) is 11.5. The lowest BCUT2D eigenvalue weighted by Crippen LogP contribution is -2.39. The van der Waals surface area contributed by atoms with E-state index in [1.54, 1.807) is 0 Å². The molecule has 5 heteroatoms. The van der Waals surface area contributed by atoms with E-state index in [1.807, 2.05) is 20.8 Å². The predicted molar refractivity (Wildman–Crippen MR) is 65.9 cm³/mol. The van der Waals surface area contributed by atoms with Gasteiger partial charge in [-0.05, 0) is 40.0 Å². The van der Waals surface area contributed by atoms with Crippen LogP contribution >= 0.6 is 0 Å². The van der Waals surface area contributed by atoms with Crippen LogP contribution in [0.4, 0.5) is 4.79 Å². The molecule has 0 aliphatic heterocycles. The average Bonchev–Trinajstić information content (AvgIpc) is 2.59. The summed E-state index contributed by atoms with van der Waals surface area (Å²) >= 11 is 0. The second-order valence-electron chi connectivity index (χ2n) is 5.53. The van der Waals surface area contributed by atoms with Crippen molar-refractivity contribution in [1.29, 1.82) is 0 Å². The highest BCUT2D eigenvalue weighted by atomic mass is 16.6. The van der Waals surface area contributed by atoms with E-state index < -0.39 is 5.60 Å². The van der Waals surface area contributed by atoms with Crippen molar-refractivity contribution in [3.05, 3.63) is 0 Å². The Bertz CT molecular complexity index is 251. The monoisotopic (exact) mass is 244 g/mol. The minimum atomic E-state index is -0.447. The maximum absolute atomic E-state index is 11.5. The molecule has 0 aromatic heterocycles. The highest BCUT2D eigenvalue weighted by Crippen LogP contribution is 2.19. The number of carbonyl (C=O) groups excluding carboxylic acids is 1. The van der Waals surface area contributed by atoms with Crippen LogP contribution in [-0.2, 0) is 4.74 Å². The first-order chi connectivity index (χ1) is 7.90. The molecule has 0 aromatic carbocycles. The minimum Gasteiger partial charge on any atom is -0.444 e. The summed E-state index contributed by atoms with van der Waals surface area (Å²) in [5.74, 6) is 0. The third-order valence-electron chi connectivity index (χ3n) is 2.70. The lowest BCUT2D eigenvalue weighted by atomic mass is 10.2. The van der Waals surface area contributed by atoms with Crippen LogP contribution < -0.4 is 10.6 Å². The van der Waals surface area contributed by atoms with Crippen molar-refractivity contribution in [2.45, 2.75) is 57.7 Å². The number of carbonyl (C=O) groups is 1. The summed E-state index contributed by atoms with van der Waals surface area (Å²) in [5, 5.41) is 14.8. The van der Waals surface area contributed by atoms with Crippen LogP contribution in [0, 0.1) is 0 Å². The van der Waals surface area contributed by atoms with Crippen molar-refractivity contribution in [1.82, 2.24) is 10.6 Å². The number of aliphatic hydroxyl groups excluding tert-OH is 1. The minimum absolute atomic E-state index is 0.153. The predicted octanol–water partition coefficient (Wildman–Crippen LogP) is 1.01. The van der Waals surface area contributed by atoms with Crippen molar-refractivity contribution >= 4 is 6.09 Å². The van der Waals surface area contributed by atoms with Crippen LogP contribution in [0.25, 0.3) is 0 Å². The first-order valence-corrected chi connectivity index (χ1v) is 6.24. The molecule has 1 fully saturated rings. The molecule has 0 heterocycles. The molecule has 3 N–H and O–H groups in total. The average molecular weight is 244 g/mol. The van der Waals surface area contributed by atoms with Gasteiger partial charge >= 0.3 is 6.09 Å². The quantitative estimate of drug-likeness (QED) is 0.690. The molecule has 0 bridgehead atoms. The molecule has 100 valence electrons. The van der Waals surface area contributed by atoms with Crippen LogP contribution in [0.5, 0.6) is 0 Å². The molecule has 5 nitrogen and oxygen atoms in total. The zero-order valence-electron chi connectivity index (χ0n) is 11.0. The summed E-state index contributed by atoms with van der Waals surface area (Å²) in [6.07, 6.45) is 2.55. The van der Waals surface area contributed by atoms with Crippen molar-refractivity contribution < 1.29 is 14.6 Å². The molecule has 0 saturated heterocycles. The van der Waals surface area contributed by atoms with E-state index in [9.17, 15) is 4.79 Å². The summed E-state index contributed by atoms with van der Waals surface area (Å²) in [5.41, 5.74) is -0.447. The number of amides is 1. The highest BCUT2D eigenvalue weighted by molar-refractivity contribution is 5.68. The second kappa shape index (κ2) is 6.21. The third kappa shape index (κ3) is 5.89. The largest absolute Gasteiger partial charge is 0.444 e. The number of aliphatic hydroxyl groups is 1. The number of nitrogens with one attached hydrogen (secondary N) is 2. The fourth-order valence-electron chi connectivity index (χ4n) is 2.04. The molecule has 1 aliphatic carbocycles. The Hall–Kier alpha value is -0.810. The van der Waals surface area contributed by atoms with E-state index in [2.05, 4.69) is 10.6 Å². The fraction of sp³-hybridized carbons (Fsp3) is 0.917. The lowest BCUT2D eigenvalue weighted by molar-refractivity contribution is 0.0505.